The highest BCUT2D eigenvalue weighted by Crippen LogP contribution is 2.09. The third-order valence-electron chi connectivity index (χ3n) is 2.10. The lowest BCUT2D eigenvalue weighted by molar-refractivity contribution is 0.555. The van der Waals surface area contributed by atoms with E-state index in [4.69, 9.17) is 11.6 Å². The Morgan fingerprint density at radius 2 is 2.00 bits per heavy atom. The van der Waals surface area contributed by atoms with Crippen molar-refractivity contribution in [3.63, 3.8) is 0 Å². The second-order valence-electron chi connectivity index (χ2n) is 3.78. The summed E-state index contributed by atoms with van der Waals surface area (Å²) in [5, 5.41) is -0.0108. The molecule has 0 fully saturated rings. The van der Waals surface area contributed by atoms with Gasteiger partial charge < -0.3 is 0 Å². The van der Waals surface area contributed by atoms with Crippen LogP contribution in [0.4, 0.5) is 0 Å². The van der Waals surface area contributed by atoms with Gasteiger partial charge in [-0.3, -0.25) is 4.21 Å². The number of nitrogens with zero attached hydrogens (tertiary/aromatic N) is 2. The maximum absolute atomic E-state index is 11.9. The maximum atomic E-state index is 11.9. The molecule has 9 heteroatoms. The Bertz CT molecular complexity index is 518. The Morgan fingerprint density at radius 3 is 2.50 bits per heavy atom. The first kappa shape index (κ1) is 15.5. The molecule has 6 nitrogen and oxygen atoms in total. The third kappa shape index (κ3) is 4.97. The van der Waals surface area contributed by atoms with Gasteiger partial charge >= 0.3 is 0 Å². The highest BCUT2D eigenvalue weighted by Gasteiger charge is 2.18. The number of halogens is 1. The summed E-state index contributed by atoms with van der Waals surface area (Å²) in [6.07, 6.45) is 4.36. The molecule has 0 bridgehead atoms. The van der Waals surface area contributed by atoms with E-state index < -0.39 is 20.8 Å². The maximum Gasteiger partial charge on any atom is 0.243 e. The van der Waals surface area contributed by atoms with Crippen LogP contribution in [0, 0.1) is 0 Å². The fourth-order valence-corrected chi connectivity index (χ4v) is 3.12. The molecule has 1 heterocycles. The molecule has 1 rings (SSSR count). The average Bonchev–Trinajstić information content (AvgIpc) is 2.26. The van der Waals surface area contributed by atoms with Crippen LogP contribution in [0.2, 0.25) is 5.28 Å². The molecule has 2 atom stereocenters. The van der Waals surface area contributed by atoms with Crippen LogP contribution in [0.5, 0.6) is 0 Å². The zero-order valence-corrected chi connectivity index (χ0v) is 12.3. The normalized spacial score (nSPS) is 15.3. The molecule has 18 heavy (non-hydrogen) atoms. The SMILES string of the molecule is CC(CCS(C)=O)NS(=O)(=O)c1cnc(Cl)nc1. The lowest BCUT2D eigenvalue weighted by Gasteiger charge is -2.13. The van der Waals surface area contributed by atoms with E-state index in [1.165, 1.54) is 0 Å². The van der Waals surface area contributed by atoms with E-state index >= 15 is 0 Å². The van der Waals surface area contributed by atoms with Crippen LogP contribution in [-0.2, 0) is 20.8 Å². The molecule has 0 amide bonds. The lowest BCUT2D eigenvalue weighted by atomic mass is 10.3. The van der Waals surface area contributed by atoms with Gasteiger partial charge in [0.1, 0.15) is 4.90 Å². The van der Waals surface area contributed by atoms with Gasteiger partial charge in [-0.1, -0.05) is 0 Å². The Labute approximate surface area is 114 Å². The predicted molar refractivity (Wildman–Crippen MR) is 70.4 cm³/mol. The molecular weight excluding hydrogens is 298 g/mol. The molecule has 1 aromatic rings. The van der Waals surface area contributed by atoms with E-state index in [-0.39, 0.29) is 16.2 Å². The van der Waals surface area contributed by atoms with Gasteiger partial charge in [-0.2, -0.15) is 0 Å². The van der Waals surface area contributed by atoms with E-state index in [9.17, 15) is 12.6 Å². The lowest BCUT2D eigenvalue weighted by Crippen LogP contribution is -2.33. The second kappa shape index (κ2) is 6.55. The minimum Gasteiger partial charge on any atom is -0.260 e. The van der Waals surface area contributed by atoms with Gasteiger partial charge in [-0.15, -0.1) is 0 Å². The molecule has 2 unspecified atom stereocenters. The Hall–Kier alpha value is -0.570. The van der Waals surface area contributed by atoms with E-state index in [1.807, 2.05) is 0 Å². The van der Waals surface area contributed by atoms with Crippen molar-refractivity contribution in [1.29, 1.82) is 0 Å². The summed E-state index contributed by atoms with van der Waals surface area (Å²) < 4.78 is 37.2. The molecule has 1 aromatic heterocycles. The Morgan fingerprint density at radius 1 is 1.44 bits per heavy atom. The van der Waals surface area contributed by atoms with Gasteiger partial charge in [0, 0.05) is 28.9 Å². The van der Waals surface area contributed by atoms with Crippen molar-refractivity contribution < 1.29 is 12.6 Å². The third-order valence-corrected chi connectivity index (χ3v) is 4.65. The Kier molecular flexibility index (Phi) is 5.64. The minimum atomic E-state index is -3.66. The predicted octanol–water partition coefficient (Wildman–Crippen LogP) is 0.565. The molecule has 0 spiro atoms. The summed E-state index contributed by atoms with van der Waals surface area (Å²) in [4.78, 5) is 7.18. The molecular formula is C9H14ClN3O3S2. The van der Waals surface area contributed by atoms with Gasteiger partial charge in [0.05, 0.1) is 12.4 Å². The quantitative estimate of drug-likeness (QED) is 0.776. The number of rotatable bonds is 6. The zero-order valence-electron chi connectivity index (χ0n) is 9.96. The van der Waals surface area contributed by atoms with E-state index in [1.54, 1.807) is 13.2 Å². The fraction of sp³-hybridized carbons (Fsp3) is 0.556. The van der Waals surface area contributed by atoms with Crippen LogP contribution >= 0.6 is 11.6 Å². The topological polar surface area (TPSA) is 89.0 Å². The molecule has 1 N–H and O–H groups in total. The molecule has 0 aliphatic rings. The first-order chi connectivity index (χ1) is 8.31. The van der Waals surface area contributed by atoms with Crippen molar-refractivity contribution in [1.82, 2.24) is 14.7 Å². The number of hydrogen-bond donors (Lipinski definition) is 1. The van der Waals surface area contributed by atoms with Crippen LogP contribution in [-0.4, -0.2) is 40.6 Å². The van der Waals surface area contributed by atoms with Crippen molar-refractivity contribution in [2.75, 3.05) is 12.0 Å². The molecule has 0 aliphatic heterocycles. The summed E-state index contributed by atoms with van der Waals surface area (Å²) in [6, 6.07) is -0.311. The van der Waals surface area contributed by atoms with Crippen molar-refractivity contribution in [3.05, 3.63) is 17.7 Å². The smallest absolute Gasteiger partial charge is 0.243 e. The molecule has 0 radical (unpaired) electrons. The van der Waals surface area contributed by atoms with Crippen molar-refractivity contribution >= 4 is 32.4 Å². The van der Waals surface area contributed by atoms with Crippen molar-refractivity contribution in [3.8, 4) is 0 Å². The highest BCUT2D eigenvalue weighted by molar-refractivity contribution is 7.89. The van der Waals surface area contributed by atoms with Crippen LogP contribution < -0.4 is 4.72 Å². The first-order valence-corrected chi connectivity index (χ1v) is 8.70. The van der Waals surface area contributed by atoms with E-state index in [2.05, 4.69) is 14.7 Å². The summed E-state index contributed by atoms with van der Waals surface area (Å²) in [5.41, 5.74) is 0. The monoisotopic (exact) mass is 311 g/mol. The second-order valence-corrected chi connectivity index (χ2v) is 7.38. The zero-order chi connectivity index (χ0) is 13.8. The van der Waals surface area contributed by atoms with Crippen molar-refractivity contribution in [2.45, 2.75) is 24.3 Å². The number of hydrogen-bond acceptors (Lipinski definition) is 5. The number of aromatic nitrogens is 2. The average molecular weight is 312 g/mol. The molecule has 102 valence electrons. The molecule has 0 aromatic carbocycles. The van der Waals surface area contributed by atoms with Gasteiger partial charge in [0.2, 0.25) is 15.3 Å². The van der Waals surface area contributed by atoms with Crippen LogP contribution in [0.25, 0.3) is 0 Å². The van der Waals surface area contributed by atoms with E-state index in [0.29, 0.717) is 12.2 Å². The summed E-state index contributed by atoms with van der Waals surface area (Å²) >= 11 is 5.48. The summed E-state index contributed by atoms with van der Waals surface area (Å²) in [6.45, 7) is 1.71. The van der Waals surface area contributed by atoms with Crippen LogP contribution in [0.15, 0.2) is 17.3 Å². The number of nitrogens with one attached hydrogen (secondary N) is 1. The summed E-state index contributed by atoms with van der Waals surface area (Å²) in [7, 11) is -4.60. The summed E-state index contributed by atoms with van der Waals surface area (Å²) in [5.74, 6) is 0.445. The largest absolute Gasteiger partial charge is 0.260 e. The minimum absolute atomic E-state index is 0.0108. The van der Waals surface area contributed by atoms with Crippen LogP contribution in [0.3, 0.4) is 0 Å². The molecule has 0 saturated carbocycles. The van der Waals surface area contributed by atoms with Crippen LogP contribution in [0.1, 0.15) is 13.3 Å². The molecule has 0 saturated heterocycles. The van der Waals surface area contributed by atoms with Gasteiger partial charge in [0.25, 0.3) is 0 Å². The standard InChI is InChI=1S/C9H14ClN3O3S2/c1-7(3-4-17(2)14)13-18(15,16)8-5-11-9(10)12-6-8/h5-7,13H,3-4H2,1-2H3. The van der Waals surface area contributed by atoms with E-state index in [0.717, 1.165) is 12.4 Å². The fourth-order valence-electron chi connectivity index (χ4n) is 1.17. The molecule has 0 aliphatic carbocycles. The Balaban J connectivity index is 2.70. The van der Waals surface area contributed by atoms with Gasteiger partial charge in [-0.05, 0) is 24.9 Å². The highest BCUT2D eigenvalue weighted by atomic mass is 35.5. The first-order valence-electron chi connectivity index (χ1n) is 5.11. The van der Waals surface area contributed by atoms with Gasteiger partial charge in [-0.25, -0.2) is 23.1 Å². The van der Waals surface area contributed by atoms with Gasteiger partial charge in [0.15, 0.2) is 0 Å². The van der Waals surface area contributed by atoms with Crippen molar-refractivity contribution in [2.24, 2.45) is 0 Å². The number of sulfonamides is 1.